The van der Waals surface area contributed by atoms with E-state index in [1.54, 1.807) is 0 Å². The Morgan fingerprint density at radius 2 is 2.11 bits per heavy atom. The number of nitrogens with zero attached hydrogens (tertiary/aromatic N) is 2. The second-order valence-corrected chi connectivity index (χ2v) is 5.26. The summed E-state index contributed by atoms with van der Waals surface area (Å²) in [6.07, 6.45) is 2.02. The molecule has 2 aromatic rings. The van der Waals surface area contributed by atoms with Crippen LogP contribution in [0.25, 0.3) is 5.69 Å². The van der Waals surface area contributed by atoms with E-state index in [1.807, 2.05) is 6.20 Å². The largest absolute Gasteiger partial charge is 0.311 e. The Labute approximate surface area is 108 Å². The smallest absolute Gasteiger partial charge is 0.0652 e. The summed E-state index contributed by atoms with van der Waals surface area (Å²) in [6, 6.07) is 6.52. The molecule has 3 nitrogen and oxygen atoms in total. The second-order valence-electron chi connectivity index (χ2n) is 5.26. The van der Waals surface area contributed by atoms with Crippen LogP contribution in [0, 0.1) is 13.8 Å². The maximum Gasteiger partial charge on any atom is 0.0652 e. The van der Waals surface area contributed by atoms with Gasteiger partial charge in [-0.25, -0.2) is 4.68 Å². The highest BCUT2D eigenvalue weighted by molar-refractivity contribution is 5.42. The van der Waals surface area contributed by atoms with Crippen LogP contribution >= 0.6 is 0 Å². The summed E-state index contributed by atoms with van der Waals surface area (Å²) in [6.45, 7) is 8.49. The van der Waals surface area contributed by atoms with E-state index in [-0.39, 0.29) is 0 Å². The lowest BCUT2D eigenvalue weighted by molar-refractivity contribution is 0.554. The predicted octanol–water partition coefficient (Wildman–Crippen LogP) is 2.70. The van der Waals surface area contributed by atoms with Gasteiger partial charge in [0.25, 0.3) is 0 Å². The molecule has 94 valence electrons. The Morgan fingerprint density at radius 3 is 2.89 bits per heavy atom. The summed E-state index contributed by atoms with van der Waals surface area (Å²) in [5.41, 5.74) is 6.49. The van der Waals surface area contributed by atoms with Crippen LogP contribution in [0.4, 0.5) is 0 Å². The topological polar surface area (TPSA) is 29.9 Å². The van der Waals surface area contributed by atoms with Crippen LogP contribution < -0.4 is 5.32 Å². The zero-order valence-electron chi connectivity index (χ0n) is 11.2. The molecule has 1 N–H and O–H groups in total. The third-order valence-corrected chi connectivity index (χ3v) is 3.91. The molecule has 2 heterocycles. The summed E-state index contributed by atoms with van der Waals surface area (Å²) in [4.78, 5) is 0. The predicted molar refractivity (Wildman–Crippen MR) is 73.2 cm³/mol. The van der Waals surface area contributed by atoms with Gasteiger partial charge in [0.05, 0.1) is 17.6 Å². The molecule has 0 bridgehead atoms. The summed E-state index contributed by atoms with van der Waals surface area (Å²) in [5.74, 6) is 0.550. The summed E-state index contributed by atoms with van der Waals surface area (Å²) in [5, 5.41) is 8.02. The molecule has 0 aliphatic carbocycles. The number of hydrogen-bond acceptors (Lipinski definition) is 2. The average molecular weight is 241 g/mol. The fraction of sp³-hybridized carbons (Fsp3) is 0.400. The first-order valence-corrected chi connectivity index (χ1v) is 6.52. The SMILES string of the molecule is Cc1ccc(-n2ncc3c2CNCC3C)cc1C. The molecule has 0 saturated heterocycles. The standard InChI is InChI=1S/C15H19N3/c1-10-4-5-13(6-11(10)2)18-15-9-16-7-12(3)14(15)8-17-18/h4-6,8,12,16H,7,9H2,1-3H3. The minimum atomic E-state index is 0.550. The molecule has 0 fully saturated rings. The fourth-order valence-corrected chi connectivity index (χ4v) is 2.57. The number of aryl methyl sites for hydroxylation is 2. The maximum absolute atomic E-state index is 4.57. The van der Waals surface area contributed by atoms with Gasteiger partial charge in [-0.2, -0.15) is 5.10 Å². The highest BCUT2D eigenvalue weighted by Gasteiger charge is 2.21. The van der Waals surface area contributed by atoms with E-state index in [2.05, 4.69) is 54.1 Å². The van der Waals surface area contributed by atoms with Gasteiger partial charge in [-0.05, 0) is 48.6 Å². The van der Waals surface area contributed by atoms with Crippen LogP contribution in [0.15, 0.2) is 24.4 Å². The van der Waals surface area contributed by atoms with Gasteiger partial charge in [0.2, 0.25) is 0 Å². The Hall–Kier alpha value is -1.61. The van der Waals surface area contributed by atoms with Crippen molar-refractivity contribution in [2.75, 3.05) is 6.54 Å². The molecule has 1 aliphatic rings. The molecular formula is C15H19N3. The van der Waals surface area contributed by atoms with E-state index in [0.717, 1.165) is 18.8 Å². The normalized spacial score (nSPS) is 18.7. The van der Waals surface area contributed by atoms with Crippen molar-refractivity contribution in [3.05, 3.63) is 46.8 Å². The van der Waals surface area contributed by atoms with E-state index in [0.29, 0.717) is 5.92 Å². The molecule has 0 amide bonds. The van der Waals surface area contributed by atoms with Crippen molar-refractivity contribution in [3.8, 4) is 5.69 Å². The van der Waals surface area contributed by atoms with Gasteiger partial charge in [0, 0.05) is 13.1 Å². The number of benzene rings is 1. The molecule has 1 aliphatic heterocycles. The lowest BCUT2D eigenvalue weighted by atomic mass is 9.98. The first-order valence-electron chi connectivity index (χ1n) is 6.52. The van der Waals surface area contributed by atoms with Crippen molar-refractivity contribution in [1.82, 2.24) is 15.1 Å². The van der Waals surface area contributed by atoms with Gasteiger partial charge in [0.15, 0.2) is 0 Å². The van der Waals surface area contributed by atoms with E-state index in [1.165, 1.54) is 22.4 Å². The van der Waals surface area contributed by atoms with E-state index < -0.39 is 0 Å². The third-order valence-electron chi connectivity index (χ3n) is 3.91. The minimum Gasteiger partial charge on any atom is -0.311 e. The van der Waals surface area contributed by atoms with Crippen molar-refractivity contribution in [2.45, 2.75) is 33.2 Å². The van der Waals surface area contributed by atoms with E-state index in [4.69, 9.17) is 0 Å². The molecule has 18 heavy (non-hydrogen) atoms. The Balaban J connectivity index is 2.09. The molecule has 1 aromatic heterocycles. The van der Waals surface area contributed by atoms with Crippen molar-refractivity contribution in [2.24, 2.45) is 0 Å². The highest BCUT2D eigenvalue weighted by atomic mass is 15.3. The van der Waals surface area contributed by atoms with Crippen LogP contribution in [0.2, 0.25) is 0 Å². The zero-order valence-corrected chi connectivity index (χ0v) is 11.2. The van der Waals surface area contributed by atoms with Crippen molar-refractivity contribution in [3.63, 3.8) is 0 Å². The molecule has 3 rings (SSSR count). The maximum atomic E-state index is 4.57. The number of hydrogen-bond donors (Lipinski definition) is 1. The van der Waals surface area contributed by atoms with Crippen LogP contribution in [0.1, 0.15) is 35.2 Å². The van der Waals surface area contributed by atoms with Crippen LogP contribution in [-0.4, -0.2) is 16.3 Å². The fourth-order valence-electron chi connectivity index (χ4n) is 2.57. The first kappa shape index (κ1) is 11.5. The number of nitrogens with one attached hydrogen (secondary N) is 1. The molecular weight excluding hydrogens is 222 g/mol. The third kappa shape index (κ3) is 1.75. The monoisotopic (exact) mass is 241 g/mol. The molecule has 0 radical (unpaired) electrons. The Morgan fingerprint density at radius 1 is 1.28 bits per heavy atom. The molecule has 1 unspecified atom stereocenters. The van der Waals surface area contributed by atoms with Crippen LogP contribution in [0.3, 0.4) is 0 Å². The van der Waals surface area contributed by atoms with Crippen LogP contribution in [0.5, 0.6) is 0 Å². The average Bonchev–Trinajstić information content (AvgIpc) is 2.78. The quantitative estimate of drug-likeness (QED) is 0.832. The van der Waals surface area contributed by atoms with Gasteiger partial charge in [-0.15, -0.1) is 0 Å². The molecule has 3 heteroatoms. The minimum absolute atomic E-state index is 0.550. The summed E-state index contributed by atoms with van der Waals surface area (Å²) < 4.78 is 2.07. The van der Waals surface area contributed by atoms with Gasteiger partial charge in [-0.3, -0.25) is 0 Å². The molecule has 0 spiro atoms. The van der Waals surface area contributed by atoms with E-state index >= 15 is 0 Å². The zero-order chi connectivity index (χ0) is 12.7. The molecule has 0 saturated carbocycles. The number of rotatable bonds is 1. The number of aromatic nitrogens is 2. The van der Waals surface area contributed by atoms with Crippen LogP contribution in [-0.2, 0) is 6.54 Å². The highest BCUT2D eigenvalue weighted by Crippen LogP contribution is 2.25. The first-order chi connectivity index (χ1) is 8.66. The van der Waals surface area contributed by atoms with Gasteiger partial charge in [-0.1, -0.05) is 13.0 Å². The Bertz CT molecular complexity index is 583. The van der Waals surface area contributed by atoms with E-state index in [9.17, 15) is 0 Å². The van der Waals surface area contributed by atoms with Gasteiger partial charge < -0.3 is 5.32 Å². The number of fused-ring (bicyclic) bond motifs is 1. The van der Waals surface area contributed by atoms with Gasteiger partial charge in [0.1, 0.15) is 0 Å². The molecule has 1 atom stereocenters. The Kier molecular flexibility index (Phi) is 2.71. The second kappa shape index (κ2) is 4.25. The lowest BCUT2D eigenvalue weighted by Gasteiger charge is -2.21. The lowest BCUT2D eigenvalue weighted by Crippen LogP contribution is -2.27. The summed E-state index contributed by atoms with van der Waals surface area (Å²) in [7, 11) is 0. The molecule has 1 aromatic carbocycles. The summed E-state index contributed by atoms with van der Waals surface area (Å²) >= 11 is 0. The van der Waals surface area contributed by atoms with Crippen molar-refractivity contribution < 1.29 is 0 Å². The van der Waals surface area contributed by atoms with Crippen molar-refractivity contribution >= 4 is 0 Å². The van der Waals surface area contributed by atoms with Crippen molar-refractivity contribution in [1.29, 1.82) is 0 Å². The van der Waals surface area contributed by atoms with Gasteiger partial charge >= 0.3 is 0 Å².